The van der Waals surface area contributed by atoms with Crippen molar-refractivity contribution in [2.24, 2.45) is 5.41 Å². The Labute approximate surface area is 136 Å². The number of hydrogen-bond acceptors (Lipinski definition) is 3. The minimum Gasteiger partial charge on any atom is -0.375 e. The molecule has 2 spiro atoms. The Morgan fingerprint density at radius 2 is 1.59 bits per heavy atom. The van der Waals surface area contributed by atoms with Crippen LogP contribution in [-0.2, 0) is 4.74 Å². The molecule has 3 heterocycles. The molecule has 22 heavy (non-hydrogen) atoms. The second-order valence-electron chi connectivity index (χ2n) is 8.42. The Kier molecular flexibility index (Phi) is 4.49. The summed E-state index contributed by atoms with van der Waals surface area (Å²) < 4.78 is 6.24. The van der Waals surface area contributed by atoms with Crippen LogP contribution in [0.15, 0.2) is 0 Å². The van der Waals surface area contributed by atoms with Gasteiger partial charge in [-0.3, -0.25) is 4.90 Å². The van der Waals surface area contributed by atoms with E-state index >= 15 is 0 Å². The van der Waals surface area contributed by atoms with Crippen molar-refractivity contribution in [3.63, 3.8) is 0 Å². The van der Waals surface area contributed by atoms with Gasteiger partial charge in [-0.15, -0.1) is 0 Å². The Morgan fingerprint density at radius 3 is 2.32 bits per heavy atom. The third-order valence-corrected chi connectivity index (χ3v) is 7.28. The van der Waals surface area contributed by atoms with Crippen LogP contribution in [0.5, 0.6) is 0 Å². The van der Waals surface area contributed by atoms with Crippen molar-refractivity contribution in [3.8, 4) is 0 Å². The fraction of sp³-hybridized carbons (Fsp3) is 1.00. The highest BCUT2D eigenvalue weighted by molar-refractivity contribution is 5.01. The van der Waals surface area contributed by atoms with Crippen LogP contribution in [0, 0.1) is 5.41 Å². The van der Waals surface area contributed by atoms with E-state index in [1.54, 1.807) is 0 Å². The number of nitrogens with one attached hydrogen (secondary N) is 1. The molecule has 3 heteroatoms. The lowest BCUT2D eigenvalue weighted by molar-refractivity contribution is -0.125. The summed E-state index contributed by atoms with van der Waals surface area (Å²) in [6, 6.07) is 0.794. The molecule has 4 fully saturated rings. The smallest absolute Gasteiger partial charge is 0.0706 e. The van der Waals surface area contributed by atoms with Crippen LogP contribution in [0.1, 0.15) is 70.6 Å². The van der Waals surface area contributed by atoms with Gasteiger partial charge in [0, 0.05) is 32.3 Å². The van der Waals surface area contributed by atoms with Crippen molar-refractivity contribution in [1.29, 1.82) is 0 Å². The van der Waals surface area contributed by atoms with E-state index in [0.29, 0.717) is 5.41 Å². The van der Waals surface area contributed by atoms with Gasteiger partial charge in [-0.2, -0.15) is 0 Å². The van der Waals surface area contributed by atoms with Crippen LogP contribution in [0.2, 0.25) is 0 Å². The first-order valence-corrected chi connectivity index (χ1v) is 9.91. The maximum absolute atomic E-state index is 6.24. The van der Waals surface area contributed by atoms with Crippen molar-refractivity contribution in [2.75, 3.05) is 32.8 Å². The molecule has 0 aromatic rings. The summed E-state index contributed by atoms with van der Waals surface area (Å²) in [4.78, 5) is 2.85. The monoisotopic (exact) mass is 306 g/mol. The summed E-state index contributed by atoms with van der Waals surface area (Å²) in [6.07, 6.45) is 15.3. The Balaban J connectivity index is 1.42. The number of piperidine rings is 2. The summed E-state index contributed by atoms with van der Waals surface area (Å²) in [5.41, 5.74) is 0.901. The number of rotatable bonds is 1. The summed E-state index contributed by atoms with van der Waals surface area (Å²) in [5.74, 6) is 0. The third kappa shape index (κ3) is 2.85. The first-order valence-electron chi connectivity index (χ1n) is 9.91. The molecule has 126 valence electrons. The first kappa shape index (κ1) is 15.4. The first-order chi connectivity index (χ1) is 10.8. The quantitative estimate of drug-likeness (QED) is 0.804. The Morgan fingerprint density at radius 1 is 0.818 bits per heavy atom. The second kappa shape index (κ2) is 6.41. The molecule has 1 N–H and O–H groups in total. The largest absolute Gasteiger partial charge is 0.375 e. The summed E-state index contributed by atoms with van der Waals surface area (Å²) >= 11 is 0. The zero-order valence-electron chi connectivity index (χ0n) is 14.2. The molecular weight excluding hydrogens is 272 g/mol. The Hall–Kier alpha value is -0.120. The van der Waals surface area contributed by atoms with Gasteiger partial charge in [-0.05, 0) is 63.3 Å². The Bertz CT molecular complexity index is 353. The number of ether oxygens (including phenoxy) is 1. The lowest BCUT2D eigenvalue weighted by Crippen LogP contribution is -2.61. The average molecular weight is 306 g/mol. The minimum absolute atomic E-state index is 0.260. The minimum atomic E-state index is 0.260. The van der Waals surface area contributed by atoms with Gasteiger partial charge in [-0.1, -0.05) is 19.3 Å². The predicted molar refractivity (Wildman–Crippen MR) is 90.1 cm³/mol. The number of likely N-dealkylation sites (tertiary alicyclic amines) is 1. The number of nitrogens with zero attached hydrogens (tertiary/aromatic N) is 1. The molecule has 0 aromatic heterocycles. The molecule has 1 unspecified atom stereocenters. The maximum atomic E-state index is 6.24. The molecule has 0 radical (unpaired) electrons. The van der Waals surface area contributed by atoms with Crippen LogP contribution in [0.3, 0.4) is 0 Å². The van der Waals surface area contributed by atoms with Gasteiger partial charge in [0.15, 0.2) is 0 Å². The SMILES string of the molecule is C1CCC2(CC1)CCNCC2N1CCC2(CCCCO2)CC1. The standard InChI is InChI=1S/C19H34N2O/c1-2-6-18(7-3-1)9-12-20-16-17(18)21-13-10-19(11-14-21)8-4-5-15-22-19/h17,20H,1-16H2. The van der Waals surface area contributed by atoms with Gasteiger partial charge in [0.2, 0.25) is 0 Å². The molecule has 1 aliphatic carbocycles. The van der Waals surface area contributed by atoms with E-state index in [4.69, 9.17) is 4.74 Å². The van der Waals surface area contributed by atoms with Crippen LogP contribution in [0.4, 0.5) is 0 Å². The second-order valence-corrected chi connectivity index (χ2v) is 8.42. The maximum Gasteiger partial charge on any atom is 0.0706 e. The predicted octanol–water partition coefficient (Wildman–Crippen LogP) is 3.33. The molecular formula is C19H34N2O. The van der Waals surface area contributed by atoms with Crippen molar-refractivity contribution in [2.45, 2.75) is 82.3 Å². The summed E-state index contributed by atoms with van der Waals surface area (Å²) in [5, 5.41) is 3.70. The van der Waals surface area contributed by atoms with Crippen LogP contribution < -0.4 is 5.32 Å². The van der Waals surface area contributed by atoms with Crippen molar-refractivity contribution in [1.82, 2.24) is 10.2 Å². The van der Waals surface area contributed by atoms with Crippen molar-refractivity contribution < 1.29 is 4.74 Å². The molecule has 0 amide bonds. The fourth-order valence-electron chi connectivity index (χ4n) is 5.86. The van der Waals surface area contributed by atoms with Gasteiger partial charge in [-0.25, -0.2) is 0 Å². The van der Waals surface area contributed by atoms with Gasteiger partial charge in [0.05, 0.1) is 5.60 Å². The van der Waals surface area contributed by atoms with E-state index in [1.807, 2.05) is 0 Å². The highest BCUT2D eigenvalue weighted by Gasteiger charge is 2.46. The molecule has 0 aromatic carbocycles. The van der Waals surface area contributed by atoms with Crippen LogP contribution in [0.25, 0.3) is 0 Å². The van der Waals surface area contributed by atoms with Crippen LogP contribution >= 0.6 is 0 Å². The van der Waals surface area contributed by atoms with E-state index < -0.39 is 0 Å². The lowest BCUT2D eigenvalue weighted by atomic mass is 9.64. The topological polar surface area (TPSA) is 24.5 Å². The molecule has 1 atom stereocenters. The average Bonchev–Trinajstić information content (AvgIpc) is 2.58. The highest BCUT2D eigenvalue weighted by Crippen LogP contribution is 2.46. The zero-order valence-corrected chi connectivity index (χ0v) is 14.2. The molecule has 4 aliphatic rings. The third-order valence-electron chi connectivity index (χ3n) is 7.28. The van der Waals surface area contributed by atoms with E-state index in [1.165, 1.54) is 96.8 Å². The summed E-state index contributed by atoms with van der Waals surface area (Å²) in [6.45, 7) is 6.03. The summed E-state index contributed by atoms with van der Waals surface area (Å²) in [7, 11) is 0. The highest BCUT2D eigenvalue weighted by atomic mass is 16.5. The van der Waals surface area contributed by atoms with Gasteiger partial charge >= 0.3 is 0 Å². The molecule has 3 saturated heterocycles. The van der Waals surface area contributed by atoms with Crippen molar-refractivity contribution in [3.05, 3.63) is 0 Å². The van der Waals surface area contributed by atoms with Gasteiger partial charge in [0.1, 0.15) is 0 Å². The van der Waals surface area contributed by atoms with E-state index in [-0.39, 0.29) is 5.60 Å². The lowest BCUT2D eigenvalue weighted by Gasteiger charge is -2.54. The molecule has 3 aliphatic heterocycles. The van der Waals surface area contributed by atoms with E-state index in [0.717, 1.165) is 12.6 Å². The van der Waals surface area contributed by atoms with Crippen molar-refractivity contribution >= 4 is 0 Å². The van der Waals surface area contributed by atoms with Gasteiger partial charge < -0.3 is 10.1 Å². The molecule has 3 nitrogen and oxygen atoms in total. The van der Waals surface area contributed by atoms with E-state index in [9.17, 15) is 0 Å². The normalized spacial score (nSPS) is 35.7. The zero-order chi connectivity index (χ0) is 14.9. The van der Waals surface area contributed by atoms with E-state index in [2.05, 4.69) is 10.2 Å². The molecule has 1 saturated carbocycles. The van der Waals surface area contributed by atoms with Gasteiger partial charge in [0.25, 0.3) is 0 Å². The fourth-order valence-corrected chi connectivity index (χ4v) is 5.86. The number of hydrogen-bond donors (Lipinski definition) is 1. The molecule has 0 bridgehead atoms. The van der Waals surface area contributed by atoms with Crippen LogP contribution in [-0.4, -0.2) is 49.3 Å². The molecule has 4 rings (SSSR count).